The summed E-state index contributed by atoms with van der Waals surface area (Å²) in [4.78, 5) is 16.8. The summed E-state index contributed by atoms with van der Waals surface area (Å²) in [6.07, 6.45) is 2.84. The lowest BCUT2D eigenvalue weighted by Crippen LogP contribution is -2.43. The summed E-state index contributed by atoms with van der Waals surface area (Å²) in [6.45, 7) is 0.513. The van der Waals surface area contributed by atoms with E-state index in [1.807, 2.05) is 0 Å². The number of carbonyl (C=O) groups excluding carboxylic acids is 1. The van der Waals surface area contributed by atoms with Crippen molar-refractivity contribution in [2.75, 3.05) is 18.4 Å². The van der Waals surface area contributed by atoms with Gasteiger partial charge in [0.15, 0.2) is 0 Å². The second-order valence-electron chi connectivity index (χ2n) is 6.29. The highest BCUT2D eigenvalue weighted by atomic mass is 32.2. The van der Waals surface area contributed by atoms with E-state index in [4.69, 9.17) is 0 Å². The van der Waals surface area contributed by atoms with Gasteiger partial charge in [0.25, 0.3) is 0 Å². The molecule has 1 saturated heterocycles. The van der Waals surface area contributed by atoms with Crippen LogP contribution < -0.4 is 5.32 Å². The van der Waals surface area contributed by atoms with Crippen molar-refractivity contribution in [3.05, 3.63) is 42.6 Å². The van der Waals surface area contributed by atoms with Gasteiger partial charge in [0, 0.05) is 19.3 Å². The minimum absolute atomic E-state index is 0.134. The number of anilines is 1. The zero-order valence-electron chi connectivity index (χ0n) is 14.3. The third-order valence-corrected chi connectivity index (χ3v) is 6.98. The Morgan fingerprint density at radius 2 is 2.07 bits per heavy atom. The molecule has 1 atom stereocenters. The molecule has 1 aromatic carbocycles. The molecule has 1 N–H and O–H groups in total. The Morgan fingerprint density at radius 3 is 2.89 bits per heavy atom. The Balaban J connectivity index is 1.55. The summed E-state index contributed by atoms with van der Waals surface area (Å²) < 4.78 is 35.9. The lowest BCUT2D eigenvalue weighted by atomic mass is 9.99. The SMILES string of the molecule is O=C(Nc1ccccn1)C1CCCN(S(=O)(=O)c2cccc3nsnc23)C1. The normalized spacial score (nSPS) is 18.4. The van der Waals surface area contributed by atoms with Crippen molar-refractivity contribution in [3.8, 4) is 0 Å². The molecule has 1 unspecified atom stereocenters. The van der Waals surface area contributed by atoms with Gasteiger partial charge in [-0.15, -0.1) is 0 Å². The van der Waals surface area contributed by atoms with Crippen LogP contribution in [-0.2, 0) is 14.8 Å². The predicted octanol–water partition coefficient (Wildman–Crippen LogP) is 2.13. The summed E-state index contributed by atoms with van der Waals surface area (Å²) in [5.41, 5.74) is 0.935. The maximum Gasteiger partial charge on any atom is 0.245 e. The fourth-order valence-electron chi connectivity index (χ4n) is 3.17. The molecule has 2 aromatic heterocycles. The van der Waals surface area contributed by atoms with Crippen LogP contribution in [0.25, 0.3) is 11.0 Å². The van der Waals surface area contributed by atoms with Crippen molar-refractivity contribution in [2.45, 2.75) is 17.7 Å². The maximum atomic E-state index is 13.1. The topological polar surface area (TPSA) is 105 Å². The lowest BCUT2D eigenvalue weighted by Gasteiger charge is -2.31. The highest BCUT2D eigenvalue weighted by Crippen LogP contribution is 2.28. The Morgan fingerprint density at radius 1 is 1.19 bits per heavy atom. The molecular weight excluding hydrogens is 386 g/mol. The van der Waals surface area contributed by atoms with Gasteiger partial charge in [0.05, 0.1) is 17.6 Å². The van der Waals surface area contributed by atoms with Crippen molar-refractivity contribution < 1.29 is 13.2 Å². The number of aromatic nitrogens is 3. The van der Waals surface area contributed by atoms with Gasteiger partial charge < -0.3 is 5.32 Å². The Hall–Kier alpha value is -2.43. The third kappa shape index (κ3) is 3.55. The second kappa shape index (κ2) is 7.29. The summed E-state index contributed by atoms with van der Waals surface area (Å²) >= 11 is 0.982. The number of amides is 1. The molecule has 4 rings (SSSR count). The van der Waals surface area contributed by atoms with Crippen LogP contribution in [-0.4, -0.2) is 45.5 Å². The standard InChI is InChI=1S/C17H17N5O3S2/c23-17(19-15-8-1-2-9-18-15)12-5-4-10-22(11-12)27(24,25)14-7-3-6-13-16(14)21-26-20-13/h1-3,6-9,12H,4-5,10-11H2,(H,18,19,23). The van der Waals surface area contributed by atoms with Crippen molar-refractivity contribution in [3.63, 3.8) is 0 Å². The molecule has 8 nitrogen and oxygen atoms in total. The molecule has 3 aromatic rings. The van der Waals surface area contributed by atoms with Crippen molar-refractivity contribution in [1.82, 2.24) is 18.0 Å². The van der Waals surface area contributed by atoms with E-state index >= 15 is 0 Å². The van der Waals surface area contributed by atoms with Crippen LogP contribution in [0.2, 0.25) is 0 Å². The zero-order chi connectivity index (χ0) is 18.9. The highest BCUT2D eigenvalue weighted by Gasteiger charge is 2.34. The summed E-state index contributed by atoms with van der Waals surface area (Å²) in [6, 6.07) is 10.2. The number of fused-ring (bicyclic) bond motifs is 1. The van der Waals surface area contributed by atoms with Crippen LogP contribution in [0.5, 0.6) is 0 Å². The maximum absolute atomic E-state index is 13.1. The molecule has 10 heteroatoms. The van der Waals surface area contributed by atoms with Crippen molar-refractivity contribution >= 4 is 44.5 Å². The van der Waals surface area contributed by atoms with Gasteiger partial charge in [0.1, 0.15) is 21.7 Å². The summed E-state index contributed by atoms with van der Waals surface area (Å²) in [5, 5.41) is 2.76. The largest absolute Gasteiger partial charge is 0.310 e. The van der Waals surface area contributed by atoms with Crippen LogP contribution in [0.15, 0.2) is 47.5 Å². The molecule has 27 heavy (non-hydrogen) atoms. The molecule has 0 bridgehead atoms. The summed E-state index contributed by atoms with van der Waals surface area (Å²) in [5.74, 6) is -0.189. The average molecular weight is 403 g/mol. The molecule has 140 valence electrons. The van der Waals surface area contributed by atoms with Crippen molar-refractivity contribution in [1.29, 1.82) is 0 Å². The molecule has 0 radical (unpaired) electrons. The number of piperidine rings is 1. The first-order valence-corrected chi connectivity index (χ1v) is 10.7. The van der Waals surface area contributed by atoms with E-state index in [1.54, 1.807) is 36.5 Å². The zero-order valence-corrected chi connectivity index (χ0v) is 15.9. The molecule has 1 aliphatic rings. The van der Waals surface area contributed by atoms with Crippen LogP contribution >= 0.6 is 11.7 Å². The van der Waals surface area contributed by atoms with Crippen molar-refractivity contribution in [2.24, 2.45) is 5.92 Å². The van der Waals surface area contributed by atoms with Gasteiger partial charge >= 0.3 is 0 Å². The van der Waals surface area contributed by atoms with E-state index in [9.17, 15) is 13.2 Å². The molecule has 0 spiro atoms. The number of sulfonamides is 1. The number of nitrogens with one attached hydrogen (secondary N) is 1. The van der Waals surface area contributed by atoms with Gasteiger partial charge in [-0.25, -0.2) is 13.4 Å². The quantitative estimate of drug-likeness (QED) is 0.715. The molecule has 1 aliphatic heterocycles. The number of hydrogen-bond acceptors (Lipinski definition) is 7. The van der Waals surface area contributed by atoms with Gasteiger partial charge in [-0.3, -0.25) is 4.79 Å². The average Bonchev–Trinajstić information content (AvgIpc) is 3.17. The first-order chi connectivity index (χ1) is 13.1. The van der Waals surface area contributed by atoms with E-state index in [-0.39, 0.29) is 17.3 Å². The molecule has 3 heterocycles. The molecule has 1 fully saturated rings. The van der Waals surface area contributed by atoms with Gasteiger partial charge in [-0.05, 0) is 37.1 Å². The number of carbonyl (C=O) groups is 1. The van der Waals surface area contributed by atoms with Crippen LogP contribution in [0.3, 0.4) is 0 Å². The highest BCUT2D eigenvalue weighted by molar-refractivity contribution is 7.89. The minimum Gasteiger partial charge on any atom is -0.310 e. The first-order valence-electron chi connectivity index (χ1n) is 8.49. The van der Waals surface area contributed by atoms with Crippen LogP contribution in [0.4, 0.5) is 5.82 Å². The molecule has 0 saturated carbocycles. The molecular formula is C17H17N5O3S2. The van der Waals surface area contributed by atoms with Gasteiger partial charge in [0.2, 0.25) is 15.9 Å². The van der Waals surface area contributed by atoms with Gasteiger partial charge in [-0.2, -0.15) is 13.1 Å². The Kier molecular flexibility index (Phi) is 4.85. The smallest absolute Gasteiger partial charge is 0.245 e. The minimum atomic E-state index is -3.76. The van der Waals surface area contributed by atoms with E-state index < -0.39 is 15.9 Å². The van der Waals surface area contributed by atoms with E-state index in [0.717, 1.165) is 11.7 Å². The third-order valence-electron chi connectivity index (χ3n) is 4.54. The van der Waals surface area contributed by atoms with E-state index in [0.29, 0.717) is 36.2 Å². The van der Waals surface area contributed by atoms with Gasteiger partial charge in [-0.1, -0.05) is 12.1 Å². The molecule has 1 amide bonds. The van der Waals surface area contributed by atoms with Crippen LogP contribution in [0.1, 0.15) is 12.8 Å². The first kappa shape index (κ1) is 18.0. The Bertz CT molecular complexity index is 1070. The number of pyridine rings is 1. The summed E-state index contributed by atoms with van der Waals surface area (Å²) in [7, 11) is -3.76. The number of hydrogen-bond donors (Lipinski definition) is 1. The monoisotopic (exact) mass is 403 g/mol. The molecule has 0 aliphatic carbocycles. The van der Waals surface area contributed by atoms with E-state index in [2.05, 4.69) is 19.0 Å². The number of rotatable bonds is 4. The fraction of sp³-hybridized carbons (Fsp3) is 0.294. The fourth-order valence-corrected chi connectivity index (χ4v) is 5.44. The van der Waals surface area contributed by atoms with E-state index in [1.165, 1.54) is 10.4 Å². The second-order valence-corrected chi connectivity index (χ2v) is 8.73. The number of nitrogens with zero attached hydrogens (tertiary/aromatic N) is 4. The Labute approximate surface area is 160 Å². The number of benzene rings is 1. The predicted molar refractivity (Wildman–Crippen MR) is 102 cm³/mol. The van der Waals surface area contributed by atoms with Crippen LogP contribution in [0, 0.1) is 5.92 Å². The lowest BCUT2D eigenvalue weighted by molar-refractivity contribution is -0.120.